The summed E-state index contributed by atoms with van der Waals surface area (Å²) in [6.45, 7) is 9.18. The number of hydrogen-bond acceptors (Lipinski definition) is 2. The van der Waals surface area contributed by atoms with Gasteiger partial charge in [-0.25, -0.2) is 0 Å². The maximum Gasteiger partial charge on any atom is 0.0114 e. The van der Waals surface area contributed by atoms with Crippen molar-refractivity contribution in [2.75, 3.05) is 13.1 Å². The third-order valence-corrected chi connectivity index (χ3v) is 3.19. The van der Waals surface area contributed by atoms with E-state index >= 15 is 0 Å². The SMILES string of the molecule is CC(C)(C)NCC1C2CNC1C2. The zero-order valence-corrected chi connectivity index (χ0v) is 8.35. The lowest BCUT2D eigenvalue weighted by Crippen LogP contribution is -2.48. The Balaban J connectivity index is 1.75. The Morgan fingerprint density at radius 3 is 2.58 bits per heavy atom. The summed E-state index contributed by atoms with van der Waals surface area (Å²) < 4.78 is 0. The fraction of sp³-hybridized carbons (Fsp3) is 1.00. The molecule has 70 valence electrons. The third kappa shape index (κ3) is 1.50. The Hall–Kier alpha value is -0.0800. The molecule has 3 unspecified atom stereocenters. The van der Waals surface area contributed by atoms with Crippen LogP contribution in [0, 0.1) is 11.8 Å². The fourth-order valence-electron chi connectivity index (χ4n) is 2.31. The summed E-state index contributed by atoms with van der Waals surface area (Å²) in [5.41, 5.74) is 0.287. The van der Waals surface area contributed by atoms with Gasteiger partial charge >= 0.3 is 0 Å². The molecule has 1 aliphatic carbocycles. The lowest BCUT2D eigenvalue weighted by atomic mass is 9.74. The van der Waals surface area contributed by atoms with Crippen LogP contribution in [0.15, 0.2) is 0 Å². The maximum atomic E-state index is 3.58. The molecular weight excluding hydrogens is 148 g/mol. The number of hydrogen-bond donors (Lipinski definition) is 2. The van der Waals surface area contributed by atoms with Gasteiger partial charge in [-0.1, -0.05) is 0 Å². The highest BCUT2D eigenvalue weighted by molar-refractivity contribution is 5.03. The van der Waals surface area contributed by atoms with E-state index in [2.05, 4.69) is 31.4 Å². The minimum Gasteiger partial charge on any atom is -0.313 e. The summed E-state index contributed by atoms with van der Waals surface area (Å²) in [5, 5.41) is 7.12. The molecule has 3 aliphatic rings. The van der Waals surface area contributed by atoms with Gasteiger partial charge in [-0.15, -0.1) is 0 Å². The average Bonchev–Trinajstić information content (AvgIpc) is 2.40. The van der Waals surface area contributed by atoms with Crippen molar-refractivity contribution >= 4 is 0 Å². The van der Waals surface area contributed by atoms with Crippen molar-refractivity contribution in [1.29, 1.82) is 0 Å². The lowest BCUT2D eigenvalue weighted by Gasteiger charge is -2.36. The monoisotopic (exact) mass is 168 g/mol. The Labute approximate surface area is 75.1 Å². The minimum absolute atomic E-state index is 0.287. The summed E-state index contributed by atoms with van der Waals surface area (Å²) in [6.07, 6.45) is 1.43. The van der Waals surface area contributed by atoms with Gasteiger partial charge in [0, 0.05) is 18.1 Å². The van der Waals surface area contributed by atoms with E-state index in [0.29, 0.717) is 0 Å². The molecule has 2 saturated heterocycles. The van der Waals surface area contributed by atoms with Gasteiger partial charge in [0.2, 0.25) is 0 Å². The molecule has 0 spiro atoms. The molecule has 2 heteroatoms. The largest absolute Gasteiger partial charge is 0.313 e. The molecular formula is C10H20N2. The standard InChI is InChI=1S/C10H20N2/c1-10(2,3)12-6-8-7-4-9(8)11-5-7/h7-9,11-12H,4-6H2,1-3H3. The van der Waals surface area contributed by atoms with Crippen molar-refractivity contribution in [2.24, 2.45) is 11.8 Å². The predicted molar refractivity (Wildman–Crippen MR) is 51.1 cm³/mol. The second kappa shape index (κ2) is 2.71. The molecule has 0 amide bonds. The van der Waals surface area contributed by atoms with Crippen LogP contribution in [0.1, 0.15) is 27.2 Å². The van der Waals surface area contributed by atoms with Gasteiger partial charge in [-0.2, -0.15) is 0 Å². The Bertz CT molecular complexity index is 157. The van der Waals surface area contributed by atoms with Crippen LogP contribution in [-0.4, -0.2) is 24.7 Å². The predicted octanol–water partition coefficient (Wildman–Crippen LogP) is 0.982. The third-order valence-electron chi connectivity index (χ3n) is 3.19. The highest BCUT2D eigenvalue weighted by Crippen LogP contribution is 2.39. The number of rotatable bonds is 2. The summed E-state index contributed by atoms with van der Waals surface area (Å²) in [6, 6.07) is 0.838. The maximum absolute atomic E-state index is 3.58. The Morgan fingerprint density at radius 2 is 2.17 bits per heavy atom. The summed E-state index contributed by atoms with van der Waals surface area (Å²) in [4.78, 5) is 0. The summed E-state index contributed by atoms with van der Waals surface area (Å²) >= 11 is 0. The van der Waals surface area contributed by atoms with Crippen molar-refractivity contribution in [1.82, 2.24) is 10.6 Å². The first kappa shape index (κ1) is 8.52. The zero-order valence-electron chi connectivity index (χ0n) is 8.35. The van der Waals surface area contributed by atoms with E-state index in [1.165, 1.54) is 19.5 Å². The molecule has 2 N–H and O–H groups in total. The van der Waals surface area contributed by atoms with Crippen LogP contribution in [-0.2, 0) is 0 Å². The van der Waals surface area contributed by atoms with Gasteiger partial charge in [-0.3, -0.25) is 0 Å². The highest BCUT2D eigenvalue weighted by atomic mass is 15.1. The topological polar surface area (TPSA) is 24.1 Å². The molecule has 2 aliphatic heterocycles. The first-order valence-electron chi connectivity index (χ1n) is 5.05. The van der Waals surface area contributed by atoms with E-state index in [1.807, 2.05) is 0 Å². The van der Waals surface area contributed by atoms with Gasteiger partial charge in [-0.05, 0) is 45.6 Å². The molecule has 0 aromatic rings. The van der Waals surface area contributed by atoms with Crippen LogP contribution in [0.25, 0.3) is 0 Å². The number of nitrogens with one attached hydrogen (secondary N) is 2. The normalized spacial score (nSPS) is 39.8. The average molecular weight is 168 g/mol. The molecule has 2 heterocycles. The number of fused-ring (bicyclic) bond motifs is 1. The minimum atomic E-state index is 0.287. The van der Waals surface area contributed by atoms with E-state index in [-0.39, 0.29) is 5.54 Å². The highest BCUT2D eigenvalue weighted by Gasteiger charge is 2.46. The van der Waals surface area contributed by atoms with Gasteiger partial charge in [0.1, 0.15) is 0 Å². The van der Waals surface area contributed by atoms with Crippen molar-refractivity contribution in [2.45, 2.75) is 38.8 Å². The molecule has 0 aromatic carbocycles. The van der Waals surface area contributed by atoms with Gasteiger partial charge in [0.15, 0.2) is 0 Å². The Morgan fingerprint density at radius 1 is 1.42 bits per heavy atom. The summed E-state index contributed by atoms with van der Waals surface area (Å²) in [7, 11) is 0. The van der Waals surface area contributed by atoms with Crippen LogP contribution < -0.4 is 10.6 Å². The van der Waals surface area contributed by atoms with Gasteiger partial charge in [0.05, 0.1) is 0 Å². The lowest BCUT2D eigenvalue weighted by molar-refractivity contribution is 0.194. The van der Waals surface area contributed by atoms with Crippen LogP contribution in [0.2, 0.25) is 0 Å². The molecule has 3 atom stereocenters. The van der Waals surface area contributed by atoms with E-state index in [1.54, 1.807) is 0 Å². The first-order chi connectivity index (χ1) is 5.56. The fourth-order valence-corrected chi connectivity index (χ4v) is 2.31. The van der Waals surface area contributed by atoms with Gasteiger partial charge in [0.25, 0.3) is 0 Å². The van der Waals surface area contributed by atoms with Crippen LogP contribution in [0.4, 0.5) is 0 Å². The molecule has 3 fully saturated rings. The smallest absolute Gasteiger partial charge is 0.0114 e. The Kier molecular flexibility index (Phi) is 1.92. The van der Waals surface area contributed by atoms with Gasteiger partial charge < -0.3 is 10.6 Å². The zero-order chi connectivity index (χ0) is 8.77. The molecule has 0 radical (unpaired) electrons. The second-order valence-electron chi connectivity index (χ2n) is 5.31. The first-order valence-corrected chi connectivity index (χ1v) is 5.05. The van der Waals surface area contributed by atoms with Crippen LogP contribution in [0.5, 0.6) is 0 Å². The van der Waals surface area contributed by atoms with E-state index in [4.69, 9.17) is 0 Å². The quantitative estimate of drug-likeness (QED) is 0.642. The van der Waals surface area contributed by atoms with Crippen LogP contribution in [0.3, 0.4) is 0 Å². The molecule has 2 nitrogen and oxygen atoms in total. The second-order valence-corrected chi connectivity index (χ2v) is 5.31. The van der Waals surface area contributed by atoms with Crippen molar-refractivity contribution < 1.29 is 0 Å². The van der Waals surface area contributed by atoms with Crippen molar-refractivity contribution in [3.05, 3.63) is 0 Å². The summed E-state index contributed by atoms with van der Waals surface area (Å²) in [5.74, 6) is 1.90. The molecule has 3 rings (SSSR count). The molecule has 1 saturated carbocycles. The molecule has 12 heavy (non-hydrogen) atoms. The molecule has 2 bridgehead atoms. The van der Waals surface area contributed by atoms with E-state index < -0.39 is 0 Å². The van der Waals surface area contributed by atoms with Crippen molar-refractivity contribution in [3.63, 3.8) is 0 Å². The van der Waals surface area contributed by atoms with Crippen LogP contribution >= 0.6 is 0 Å². The van der Waals surface area contributed by atoms with E-state index in [0.717, 1.165) is 17.9 Å². The van der Waals surface area contributed by atoms with E-state index in [9.17, 15) is 0 Å². The molecule has 0 aromatic heterocycles. The van der Waals surface area contributed by atoms with Crippen molar-refractivity contribution in [3.8, 4) is 0 Å².